The molecule has 4 heteroatoms. The molecule has 2 aromatic rings. The molecule has 2 unspecified atom stereocenters. The number of hydrogen-bond acceptors (Lipinski definition) is 2. The second kappa shape index (κ2) is 5.23. The summed E-state index contributed by atoms with van der Waals surface area (Å²) in [7, 11) is 0. The summed E-state index contributed by atoms with van der Waals surface area (Å²) in [4.78, 5) is 15.2. The monoisotopic (exact) mass is 246 g/mol. The molecular formula is C14H18N2O2. The van der Waals surface area contributed by atoms with Crippen LogP contribution in [0.2, 0.25) is 0 Å². The van der Waals surface area contributed by atoms with Gasteiger partial charge >= 0.3 is 0 Å². The molecule has 18 heavy (non-hydrogen) atoms. The molecule has 0 bridgehead atoms. The van der Waals surface area contributed by atoms with E-state index in [1.807, 2.05) is 31.3 Å². The fourth-order valence-electron chi connectivity index (χ4n) is 2.15. The van der Waals surface area contributed by atoms with Gasteiger partial charge in [-0.3, -0.25) is 4.79 Å². The van der Waals surface area contributed by atoms with Crippen LogP contribution < -0.4 is 5.32 Å². The number of aromatic amines is 1. The van der Waals surface area contributed by atoms with Gasteiger partial charge in [0.15, 0.2) is 0 Å². The van der Waals surface area contributed by atoms with E-state index in [9.17, 15) is 9.90 Å². The lowest BCUT2D eigenvalue weighted by Crippen LogP contribution is -2.34. The third kappa shape index (κ3) is 2.71. The van der Waals surface area contributed by atoms with Gasteiger partial charge in [-0.2, -0.15) is 0 Å². The molecule has 0 aliphatic carbocycles. The van der Waals surface area contributed by atoms with Gasteiger partial charge in [0, 0.05) is 17.6 Å². The molecule has 0 aliphatic heterocycles. The minimum atomic E-state index is -0.415. The van der Waals surface area contributed by atoms with Crippen LogP contribution in [0.4, 0.5) is 0 Å². The van der Waals surface area contributed by atoms with Crippen LogP contribution in [0.15, 0.2) is 30.5 Å². The molecule has 0 spiro atoms. The Morgan fingerprint density at radius 3 is 2.89 bits per heavy atom. The average molecular weight is 246 g/mol. The Morgan fingerprint density at radius 1 is 1.39 bits per heavy atom. The molecule has 4 nitrogen and oxygen atoms in total. The molecule has 0 aliphatic rings. The Hall–Kier alpha value is -1.81. The maximum Gasteiger partial charge on any atom is 0.253 e. The van der Waals surface area contributed by atoms with Gasteiger partial charge < -0.3 is 15.4 Å². The number of fused-ring (bicyclic) bond motifs is 1. The molecule has 3 N–H and O–H groups in total. The van der Waals surface area contributed by atoms with Crippen LogP contribution >= 0.6 is 0 Å². The van der Waals surface area contributed by atoms with Crippen molar-refractivity contribution in [3.05, 3.63) is 36.0 Å². The third-order valence-corrected chi connectivity index (χ3v) is 2.90. The van der Waals surface area contributed by atoms with E-state index in [2.05, 4.69) is 10.3 Å². The van der Waals surface area contributed by atoms with Crippen LogP contribution in [0.1, 0.15) is 30.6 Å². The molecule has 1 aromatic heterocycles. The van der Waals surface area contributed by atoms with Crippen LogP contribution in [0.5, 0.6) is 0 Å². The fraction of sp³-hybridized carbons (Fsp3) is 0.357. The number of hydrogen-bond donors (Lipinski definition) is 3. The second-order valence-electron chi connectivity index (χ2n) is 4.71. The molecule has 2 rings (SSSR count). The van der Waals surface area contributed by atoms with Gasteiger partial charge in [-0.15, -0.1) is 0 Å². The summed E-state index contributed by atoms with van der Waals surface area (Å²) in [6, 6.07) is 7.50. The summed E-state index contributed by atoms with van der Waals surface area (Å²) < 4.78 is 0. The zero-order chi connectivity index (χ0) is 13.1. The molecule has 0 saturated carbocycles. The zero-order valence-corrected chi connectivity index (χ0v) is 10.6. The molecule has 96 valence electrons. The number of carbonyl (C=O) groups is 1. The normalized spacial score (nSPS) is 14.4. The van der Waals surface area contributed by atoms with Crippen molar-refractivity contribution in [3.8, 4) is 0 Å². The minimum Gasteiger partial charge on any atom is -0.393 e. The van der Waals surface area contributed by atoms with Gasteiger partial charge in [0.05, 0.1) is 17.2 Å². The molecule has 1 amide bonds. The summed E-state index contributed by atoms with van der Waals surface area (Å²) in [5, 5.41) is 13.2. The number of rotatable bonds is 4. The number of aromatic nitrogens is 1. The van der Waals surface area contributed by atoms with Gasteiger partial charge in [0.1, 0.15) is 0 Å². The summed E-state index contributed by atoms with van der Waals surface area (Å²) in [6.07, 6.45) is 1.95. The highest BCUT2D eigenvalue weighted by molar-refractivity contribution is 6.05. The van der Waals surface area contributed by atoms with Crippen LogP contribution in [-0.4, -0.2) is 28.1 Å². The van der Waals surface area contributed by atoms with Crippen LogP contribution in [0.3, 0.4) is 0 Å². The number of aliphatic hydroxyl groups is 1. The maximum atomic E-state index is 12.1. The van der Waals surface area contributed by atoms with Gasteiger partial charge in [-0.25, -0.2) is 0 Å². The number of H-pyrrole nitrogens is 1. The lowest BCUT2D eigenvalue weighted by Gasteiger charge is -2.15. The van der Waals surface area contributed by atoms with Crippen LogP contribution in [0.25, 0.3) is 10.9 Å². The number of benzene rings is 1. The Kier molecular flexibility index (Phi) is 3.67. The van der Waals surface area contributed by atoms with E-state index in [1.54, 1.807) is 13.0 Å². The van der Waals surface area contributed by atoms with E-state index < -0.39 is 6.10 Å². The highest BCUT2D eigenvalue weighted by Gasteiger charge is 2.14. The second-order valence-corrected chi connectivity index (χ2v) is 4.71. The van der Waals surface area contributed by atoms with Crippen molar-refractivity contribution in [1.82, 2.24) is 10.3 Å². The maximum absolute atomic E-state index is 12.1. The average Bonchev–Trinajstić information content (AvgIpc) is 2.74. The zero-order valence-electron chi connectivity index (χ0n) is 10.6. The SMILES string of the molecule is CC(O)CC(C)NC(=O)c1cccc2cc[nH]c12. The number of aliphatic hydroxyl groups excluding tert-OH is 1. The number of carbonyl (C=O) groups excluding carboxylic acids is 1. The predicted molar refractivity (Wildman–Crippen MR) is 71.5 cm³/mol. The summed E-state index contributed by atoms with van der Waals surface area (Å²) >= 11 is 0. The number of nitrogens with one attached hydrogen (secondary N) is 2. The van der Waals surface area contributed by atoms with Crippen molar-refractivity contribution in [3.63, 3.8) is 0 Å². The van der Waals surface area contributed by atoms with E-state index in [1.165, 1.54) is 0 Å². The van der Waals surface area contributed by atoms with Crippen molar-refractivity contribution < 1.29 is 9.90 Å². The summed E-state index contributed by atoms with van der Waals surface area (Å²) in [5.74, 6) is -0.115. The molecule has 1 aromatic carbocycles. The lowest BCUT2D eigenvalue weighted by molar-refractivity contribution is 0.0924. The minimum absolute atomic E-state index is 0.0530. The van der Waals surface area contributed by atoms with Crippen molar-refractivity contribution >= 4 is 16.8 Å². The predicted octanol–water partition coefficient (Wildman–Crippen LogP) is 2.06. The van der Waals surface area contributed by atoms with E-state index in [4.69, 9.17) is 0 Å². The quantitative estimate of drug-likeness (QED) is 0.773. The molecule has 0 fully saturated rings. The Balaban J connectivity index is 2.16. The van der Waals surface area contributed by atoms with Gasteiger partial charge in [0.2, 0.25) is 0 Å². The van der Waals surface area contributed by atoms with E-state index in [-0.39, 0.29) is 11.9 Å². The standard InChI is InChI=1S/C14H18N2O2/c1-9(8-10(2)17)16-14(18)12-5-3-4-11-6-7-15-13(11)12/h3-7,9-10,15,17H,8H2,1-2H3,(H,16,18). The van der Waals surface area contributed by atoms with Crippen molar-refractivity contribution in [2.24, 2.45) is 0 Å². The Morgan fingerprint density at radius 2 is 2.17 bits per heavy atom. The van der Waals surface area contributed by atoms with E-state index >= 15 is 0 Å². The van der Waals surface area contributed by atoms with Gasteiger partial charge in [0.25, 0.3) is 5.91 Å². The molecule has 2 atom stereocenters. The molecular weight excluding hydrogens is 228 g/mol. The lowest BCUT2D eigenvalue weighted by atomic mass is 10.1. The fourth-order valence-corrected chi connectivity index (χ4v) is 2.15. The smallest absolute Gasteiger partial charge is 0.253 e. The molecule has 1 heterocycles. The first-order chi connectivity index (χ1) is 8.58. The van der Waals surface area contributed by atoms with E-state index in [0.29, 0.717) is 12.0 Å². The van der Waals surface area contributed by atoms with Crippen LogP contribution in [-0.2, 0) is 0 Å². The largest absolute Gasteiger partial charge is 0.393 e. The summed E-state index contributed by atoms with van der Waals surface area (Å²) in [6.45, 7) is 3.60. The third-order valence-electron chi connectivity index (χ3n) is 2.90. The van der Waals surface area contributed by atoms with Gasteiger partial charge in [-0.05, 0) is 32.4 Å². The van der Waals surface area contributed by atoms with E-state index in [0.717, 1.165) is 10.9 Å². The molecule has 0 saturated heterocycles. The number of amides is 1. The highest BCUT2D eigenvalue weighted by atomic mass is 16.3. The Bertz CT molecular complexity index is 545. The van der Waals surface area contributed by atoms with Crippen molar-refractivity contribution in [2.75, 3.05) is 0 Å². The number of para-hydroxylation sites is 1. The first kappa shape index (κ1) is 12.6. The Labute approximate surface area is 106 Å². The van der Waals surface area contributed by atoms with Gasteiger partial charge in [-0.1, -0.05) is 12.1 Å². The first-order valence-corrected chi connectivity index (χ1v) is 6.13. The van der Waals surface area contributed by atoms with Crippen molar-refractivity contribution in [2.45, 2.75) is 32.4 Å². The topological polar surface area (TPSA) is 65.1 Å². The first-order valence-electron chi connectivity index (χ1n) is 6.13. The molecule has 0 radical (unpaired) electrons. The highest BCUT2D eigenvalue weighted by Crippen LogP contribution is 2.17. The van der Waals surface area contributed by atoms with Crippen LogP contribution in [0, 0.1) is 0 Å². The summed E-state index contributed by atoms with van der Waals surface area (Å²) in [5.41, 5.74) is 1.48. The van der Waals surface area contributed by atoms with Crippen molar-refractivity contribution in [1.29, 1.82) is 0 Å².